The minimum Gasteiger partial charge on any atom is -0.456 e. The highest BCUT2D eigenvalue weighted by Gasteiger charge is 2.22. The lowest BCUT2D eigenvalue weighted by Gasteiger charge is -2.12. The van der Waals surface area contributed by atoms with Crippen molar-refractivity contribution in [3.05, 3.63) is 528 Å². The van der Waals surface area contributed by atoms with Crippen LogP contribution in [0.5, 0.6) is 0 Å². The molecule has 0 aliphatic heterocycles. The van der Waals surface area contributed by atoms with Gasteiger partial charge < -0.3 is 26.5 Å². The lowest BCUT2D eigenvalue weighted by atomic mass is 9.95. The van der Waals surface area contributed by atoms with Gasteiger partial charge in [-0.05, 0) is 234 Å². The molecule has 0 atom stereocenters. The highest BCUT2D eigenvalue weighted by atomic mass is 16.3. The number of hydrogen-bond acceptors (Lipinski definition) is 9. The number of hydrogen-bond donors (Lipinski definition) is 0. The summed E-state index contributed by atoms with van der Waals surface area (Å²) in [5.74, 6) is 0. The van der Waals surface area contributed by atoms with E-state index in [1.165, 1.54) is 5.56 Å². The summed E-state index contributed by atoms with van der Waals surface area (Å²) in [5, 5.41) is 13.6. The summed E-state index contributed by atoms with van der Waals surface area (Å²) >= 11 is 0. The standard InChI is InChI=1S/3C47H29NO2/c1-2-10-33(11-3-1)40-28-35(30-20-22-31(23-21-30)36-14-8-18-44-46(36)38-12-4-6-16-42(38)49-44)29-41(48-40)34-26-24-32(25-27-34)37-15-9-19-45-47(37)39-13-5-7-17-43(39)50-45;1-2-8-33(9-3-1)42-27-37(32-16-14-31(15-17-32)36-22-24-40-38-10-4-6-12-44(38)50-47(40)29-36)28-43(48-42)34-20-18-30(19-21-34)35-23-25-46-41(26-35)39-11-5-7-13-45(39)49-46;1-2-8-33(9-3-1)42-28-37(32-16-14-30(15-17-32)35-22-24-46-40(26-35)38-10-4-6-12-44(38)49-46)29-43(48-42)34-20-18-31(19-21-34)36-23-25-47-41(27-36)39-11-5-7-13-45(39)50-47/h3*1-29H. The van der Waals surface area contributed by atoms with Crippen LogP contribution < -0.4 is 0 Å². The monoisotopic (exact) mass is 1920 g/mol. The van der Waals surface area contributed by atoms with Crippen molar-refractivity contribution in [2.24, 2.45) is 0 Å². The Bertz CT molecular complexity index is 10100. The van der Waals surface area contributed by atoms with Gasteiger partial charge in [0, 0.05) is 98.0 Å². The van der Waals surface area contributed by atoms with Crippen molar-refractivity contribution < 1.29 is 26.5 Å². The number of fused-ring (bicyclic) bond motifs is 18. The first-order chi connectivity index (χ1) is 74.2. The Labute approximate surface area is 862 Å². The summed E-state index contributed by atoms with van der Waals surface area (Å²) in [7, 11) is 0. The van der Waals surface area contributed by atoms with E-state index in [2.05, 4.69) is 425 Å². The highest BCUT2D eigenvalue weighted by Crippen LogP contribution is 2.46. The number of rotatable bonds is 15. The van der Waals surface area contributed by atoms with E-state index in [0.29, 0.717) is 0 Å². The van der Waals surface area contributed by atoms with Crippen LogP contribution in [0.1, 0.15) is 0 Å². The summed E-state index contributed by atoms with van der Waals surface area (Å²) in [6, 6.07) is 185. The molecule has 702 valence electrons. The maximum absolute atomic E-state index is 6.17. The fourth-order valence-electron chi connectivity index (χ4n) is 21.5. The van der Waals surface area contributed by atoms with Gasteiger partial charge in [-0.3, -0.25) is 0 Å². The van der Waals surface area contributed by atoms with E-state index in [1.54, 1.807) is 0 Å². The van der Waals surface area contributed by atoms with Crippen LogP contribution in [0, 0.1) is 0 Å². The van der Waals surface area contributed by atoms with E-state index in [4.69, 9.17) is 41.5 Å². The van der Waals surface area contributed by atoms with Crippen molar-refractivity contribution in [2.75, 3.05) is 0 Å². The topological polar surface area (TPSA) is 118 Å². The molecule has 0 saturated heterocycles. The first kappa shape index (κ1) is 87.6. The summed E-state index contributed by atoms with van der Waals surface area (Å²) in [4.78, 5) is 15.5. The maximum Gasteiger partial charge on any atom is 0.136 e. The smallest absolute Gasteiger partial charge is 0.136 e. The highest BCUT2D eigenvalue weighted by molar-refractivity contribution is 6.15. The summed E-state index contributed by atoms with van der Waals surface area (Å²) in [6.45, 7) is 0. The van der Waals surface area contributed by atoms with Gasteiger partial charge in [-0.25, -0.2) is 15.0 Å². The summed E-state index contributed by atoms with van der Waals surface area (Å²) in [6.07, 6.45) is 0. The van der Waals surface area contributed by atoms with Crippen LogP contribution in [0.4, 0.5) is 0 Å². The Morgan fingerprint density at radius 2 is 0.293 bits per heavy atom. The van der Waals surface area contributed by atoms with Gasteiger partial charge in [-0.2, -0.15) is 0 Å². The lowest BCUT2D eigenvalue weighted by molar-refractivity contribution is 0.668. The van der Waals surface area contributed by atoms with Crippen molar-refractivity contribution in [3.8, 4) is 168 Å². The Balaban J connectivity index is 0.000000108. The quantitative estimate of drug-likeness (QED) is 0.0989. The zero-order chi connectivity index (χ0) is 99.1. The average Bonchev–Trinajstić information content (AvgIpc) is 1.60. The zero-order valence-electron chi connectivity index (χ0n) is 81.0. The van der Waals surface area contributed by atoms with E-state index in [-0.39, 0.29) is 0 Å². The van der Waals surface area contributed by atoms with Gasteiger partial charge in [0.1, 0.15) is 67.0 Å². The second-order valence-electron chi connectivity index (χ2n) is 38.2. The predicted molar refractivity (Wildman–Crippen MR) is 618 cm³/mol. The van der Waals surface area contributed by atoms with Crippen LogP contribution in [0.25, 0.3) is 299 Å². The number of para-hydroxylation sites is 6. The molecule has 0 N–H and O–H groups in total. The number of furan rings is 6. The van der Waals surface area contributed by atoms with Crippen LogP contribution >= 0.6 is 0 Å². The molecule has 150 heavy (non-hydrogen) atoms. The number of pyridine rings is 3. The van der Waals surface area contributed by atoms with E-state index in [0.717, 1.165) is 294 Å². The number of benzene rings is 21. The molecule has 0 fully saturated rings. The molecule has 30 aromatic rings. The maximum atomic E-state index is 6.17. The molecule has 9 nitrogen and oxygen atoms in total. The molecular formula is C141H87N3O6. The minimum atomic E-state index is 0.899. The first-order valence-corrected chi connectivity index (χ1v) is 50.6. The van der Waals surface area contributed by atoms with E-state index in [9.17, 15) is 0 Å². The molecule has 0 amide bonds. The second kappa shape index (κ2) is 37.2. The predicted octanol–water partition coefficient (Wildman–Crippen LogP) is 39.6. The normalized spacial score (nSPS) is 11.6. The lowest BCUT2D eigenvalue weighted by Crippen LogP contribution is -1.91. The summed E-state index contributed by atoms with van der Waals surface area (Å²) < 4.78 is 36.7. The van der Waals surface area contributed by atoms with Crippen LogP contribution in [0.2, 0.25) is 0 Å². The number of aromatic nitrogens is 3. The molecule has 9 aromatic heterocycles. The molecule has 9 heterocycles. The SMILES string of the molecule is c1ccc(-c2cc(-c3ccc(-c4ccc5c(c4)oc4ccccc45)cc3)cc(-c3ccc(-c4ccc5oc6ccccc6c5c4)cc3)n2)cc1.c1ccc(-c2cc(-c3ccc(-c4ccc5oc6ccccc6c5c4)cc3)cc(-c3ccc(-c4ccc5oc6ccccc6c5c4)cc3)n2)cc1.c1ccc(-c2cc(-c3ccc(-c4cccc5oc6ccccc6c45)cc3)cc(-c3ccc(-c4cccc5oc6ccccc6c45)cc3)n2)cc1. The van der Waals surface area contributed by atoms with Crippen LogP contribution in [0.15, 0.2) is 554 Å². The Hall–Kier alpha value is -20.1. The molecule has 9 heteroatoms. The molecule has 0 saturated carbocycles. The van der Waals surface area contributed by atoms with Crippen molar-refractivity contribution in [1.29, 1.82) is 0 Å². The fraction of sp³-hybridized carbons (Fsp3) is 0. The van der Waals surface area contributed by atoms with Gasteiger partial charge >= 0.3 is 0 Å². The molecule has 30 rings (SSSR count). The van der Waals surface area contributed by atoms with E-state index in [1.807, 2.05) is 103 Å². The Kier molecular flexibility index (Phi) is 21.8. The van der Waals surface area contributed by atoms with Gasteiger partial charge in [-0.15, -0.1) is 0 Å². The molecule has 0 aliphatic carbocycles. The molecule has 0 radical (unpaired) electrons. The largest absolute Gasteiger partial charge is 0.456 e. The van der Waals surface area contributed by atoms with Gasteiger partial charge in [-0.1, -0.05) is 394 Å². The van der Waals surface area contributed by atoms with Crippen molar-refractivity contribution in [3.63, 3.8) is 0 Å². The average molecular weight is 1920 g/mol. The van der Waals surface area contributed by atoms with Crippen LogP contribution in [-0.4, -0.2) is 15.0 Å². The molecule has 0 unspecified atom stereocenters. The van der Waals surface area contributed by atoms with Crippen molar-refractivity contribution in [1.82, 2.24) is 15.0 Å². The minimum absolute atomic E-state index is 0.899. The molecular weight excluding hydrogens is 1830 g/mol. The zero-order valence-corrected chi connectivity index (χ0v) is 81.0. The third kappa shape index (κ3) is 16.4. The van der Waals surface area contributed by atoms with Gasteiger partial charge in [0.15, 0.2) is 0 Å². The molecule has 0 bridgehead atoms. The first-order valence-electron chi connectivity index (χ1n) is 50.6. The van der Waals surface area contributed by atoms with E-state index < -0.39 is 0 Å². The molecule has 21 aromatic carbocycles. The third-order valence-corrected chi connectivity index (χ3v) is 29.2. The Morgan fingerprint density at radius 1 is 0.100 bits per heavy atom. The van der Waals surface area contributed by atoms with Gasteiger partial charge in [0.25, 0.3) is 0 Å². The van der Waals surface area contributed by atoms with Crippen molar-refractivity contribution >= 4 is 132 Å². The third-order valence-electron chi connectivity index (χ3n) is 29.2. The molecule has 0 spiro atoms. The van der Waals surface area contributed by atoms with Gasteiger partial charge in [0.2, 0.25) is 0 Å². The van der Waals surface area contributed by atoms with E-state index >= 15 is 0 Å². The molecule has 0 aliphatic rings. The summed E-state index contributed by atoms with van der Waals surface area (Å²) in [5.41, 5.74) is 43.6. The Morgan fingerprint density at radius 3 is 0.600 bits per heavy atom. The fourth-order valence-corrected chi connectivity index (χ4v) is 21.5. The van der Waals surface area contributed by atoms with Crippen LogP contribution in [0.3, 0.4) is 0 Å². The van der Waals surface area contributed by atoms with Crippen LogP contribution in [-0.2, 0) is 0 Å². The van der Waals surface area contributed by atoms with Gasteiger partial charge in [0.05, 0.1) is 34.2 Å². The number of nitrogens with zero attached hydrogens (tertiary/aromatic N) is 3. The van der Waals surface area contributed by atoms with Crippen molar-refractivity contribution in [2.45, 2.75) is 0 Å². The second-order valence-corrected chi connectivity index (χ2v) is 38.2.